The maximum atomic E-state index is 12.1. The number of hydrogen-bond acceptors (Lipinski definition) is 4. The van der Waals surface area contributed by atoms with Crippen molar-refractivity contribution in [3.05, 3.63) is 40.8 Å². The van der Waals surface area contributed by atoms with Gasteiger partial charge in [0.1, 0.15) is 0 Å². The van der Waals surface area contributed by atoms with E-state index < -0.39 is 0 Å². The monoisotopic (exact) mass is 232 g/mol. The Labute approximate surface area is 94.7 Å². The van der Waals surface area contributed by atoms with Gasteiger partial charge in [0.05, 0.1) is 24.2 Å². The molecule has 0 aliphatic carbocycles. The summed E-state index contributed by atoms with van der Waals surface area (Å²) in [5.41, 5.74) is 0.664. The van der Waals surface area contributed by atoms with Gasteiger partial charge < -0.3 is 4.74 Å². The van der Waals surface area contributed by atoms with Crippen LogP contribution in [0.4, 0.5) is 0 Å². The molecule has 0 aliphatic rings. The lowest BCUT2D eigenvalue weighted by atomic mass is 10.2. The fourth-order valence-corrected chi connectivity index (χ4v) is 2.43. The van der Waals surface area contributed by atoms with Crippen LogP contribution in [0.5, 0.6) is 5.06 Å². The highest BCUT2D eigenvalue weighted by molar-refractivity contribution is 7.18. The number of para-hydroxylation sites is 1. The molecule has 4 nitrogen and oxygen atoms in total. The normalized spacial score (nSPS) is 11.1. The fourth-order valence-electron chi connectivity index (χ4n) is 1.63. The maximum absolute atomic E-state index is 12.1. The van der Waals surface area contributed by atoms with Gasteiger partial charge in [0, 0.05) is 0 Å². The molecule has 1 aromatic carbocycles. The van der Waals surface area contributed by atoms with Crippen LogP contribution >= 0.6 is 11.3 Å². The molecule has 0 amide bonds. The lowest BCUT2D eigenvalue weighted by Crippen LogP contribution is -2.12. The third-order valence-corrected chi connectivity index (χ3v) is 3.35. The number of rotatable bonds is 1. The third-order valence-electron chi connectivity index (χ3n) is 2.40. The van der Waals surface area contributed by atoms with Gasteiger partial charge in [-0.05, 0) is 12.1 Å². The first-order chi connectivity index (χ1) is 7.79. The number of hydrogen-bond donors (Lipinski definition) is 0. The van der Waals surface area contributed by atoms with Crippen molar-refractivity contribution in [2.24, 2.45) is 0 Å². The smallest absolute Gasteiger partial charge is 0.266 e. The van der Waals surface area contributed by atoms with Gasteiger partial charge in [-0.15, -0.1) is 0 Å². The Morgan fingerprint density at radius 3 is 3.00 bits per heavy atom. The Bertz CT molecular complexity index is 730. The molecule has 5 heteroatoms. The predicted molar refractivity (Wildman–Crippen MR) is 63.4 cm³/mol. The molecule has 3 aromatic rings. The zero-order valence-electron chi connectivity index (χ0n) is 8.51. The molecule has 2 heterocycles. The van der Waals surface area contributed by atoms with Crippen LogP contribution in [0.1, 0.15) is 0 Å². The van der Waals surface area contributed by atoms with E-state index in [0.717, 1.165) is 5.52 Å². The van der Waals surface area contributed by atoms with Crippen LogP contribution in [-0.4, -0.2) is 16.5 Å². The van der Waals surface area contributed by atoms with Crippen molar-refractivity contribution in [3.8, 4) is 5.06 Å². The van der Waals surface area contributed by atoms with Crippen LogP contribution < -0.4 is 10.3 Å². The van der Waals surface area contributed by atoms with E-state index in [0.29, 0.717) is 15.4 Å². The molecule has 0 N–H and O–H groups in total. The standard InChI is InChI=1S/C11H8N2O2S/c1-15-9-6-13-10(14)7-4-2-3-5-8(7)12-11(13)16-9/h2-6H,1H3. The van der Waals surface area contributed by atoms with E-state index in [1.165, 1.54) is 15.7 Å². The minimum absolute atomic E-state index is 0.0554. The summed E-state index contributed by atoms with van der Waals surface area (Å²) in [7, 11) is 1.58. The summed E-state index contributed by atoms with van der Waals surface area (Å²) in [5, 5.41) is 1.31. The van der Waals surface area contributed by atoms with Gasteiger partial charge in [0.2, 0.25) is 4.96 Å². The molecule has 0 bridgehead atoms. The van der Waals surface area contributed by atoms with E-state index >= 15 is 0 Å². The third kappa shape index (κ3) is 1.22. The lowest BCUT2D eigenvalue weighted by Gasteiger charge is -1.96. The zero-order valence-corrected chi connectivity index (χ0v) is 9.32. The Morgan fingerprint density at radius 1 is 1.38 bits per heavy atom. The first kappa shape index (κ1) is 9.35. The van der Waals surface area contributed by atoms with E-state index in [1.54, 1.807) is 19.4 Å². The van der Waals surface area contributed by atoms with E-state index in [9.17, 15) is 4.79 Å². The van der Waals surface area contributed by atoms with Crippen LogP contribution in [-0.2, 0) is 0 Å². The SMILES string of the molecule is COc1cn2c(=O)c3ccccc3nc2s1. The van der Waals surface area contributed by atoms with E-state index in [-0.39, 0.29) is 5.56 Å². The Kier molecular flexibility index (Phi) is 1.94. The molecule has 0 saturated heterocycles. The van der Waals surface area contributed by atoms with Crippen LogP contribution in [0.3, 0.4) is 0 Å². The van der Waals surface area contributed by atoms with E-state index in [2.05, 4.69) is 4.98 Å². The predicted octanol–water partition coefficient (Wildman–Crippen LogP) is 1.92. The summed E-state index contributed by atoms with van der Waals surface area (Å²) in [6.45, 7) is 0. The van der Waals surface area contributed by atoms with E-state index in [1.807, 2.05) is 18.2 Å². The zero-order chi connectivity index (χ0) is 11.1. The first-order valence-corrected chi connectivity index (χ1v) is 5.56. The molecule has 80 valence electrons. The van der Waals surface area contributed by atoms with Crippen molar-refractivity contribution in [1.82, 2.24) is 9.38 Å². The minimum atomic E-state index is -0.0554. The van der Waals surface area contributed by atoms with Crippen LogP contribution in [0.15, 0.2) is 35.3 Å². The van der Waals surface area contributed by atoms with Gasteiger partial charge >= 0.3 is 0 Å². The number of nitrogens with zero attached hydrogens (tertiary/aromatic N) is 2. The van der Waals surface area contributed by atoms with Crippen molar-refractivity contribution in [2.75, 3.05) is 7.11 Å². The van der Waals surface area contributed by atoms with Gasteiger partial charge in [0.15, 0.2) is 5.06 Å². The topological polar surface area (TPSA) is 43.6 Å². The maximum Gasteiger partial charge on any atom is 0.266 e. The largest absolute Gasteiger partial charge is 0.486 e. The lowest BCUT2D eigenvalue weighted by molar-refractivity contribution is 0.425. The number of aromatic nitrogens is 2. The fraction of sp³-hybridized carbons (Fsp3) is 0.0909. The highest BCUT2D eigenvalue weighted by atomic mass is 32.1. The number of methoxy groups -OCH3 is 1. The molecule has 0 spiro atoms. The second kappa shape index (κ2) is 3.31. The van der Waals surface area contributed by atoms with Crippen LogP contribution in [0.25, 0.3) is 15.9 Å². The van der Waals surface area contributed by atoms with Crippen molar-refractivity contribution in [3.63, 3.8) is 0 Å². The average molecular weight is 232 g/mol. The van der Waals surface area contributed by atoms with E-state index in [4.69, 9.17) is 4.74 Å². The van der Waals surface area contributed by atoms with Gasteiger partial charge in [-0.1, -0.05) is 23.5 Å². The Morgan fingerprint density at radius 2 is 2.19 bits per heavy atom. The summed E-state index contributed by atoms with van der Waals surface area (Å²) in [6.07, 6.45) is 1.67. The molecule has 16 heavy (non-hydrogen) atoms. The van der Waals surface area contributed by atoms with Crippen molar-refractivity contribution < 1.29 is 4.74 Å². The van der Waals surface area contributed by atoms with Gasteiger partial charge in [-0.3, -0.25) is 9.20 Å². The number of benzene rings is 1. The van der Waals surface area contributed by atoms with Gasteiger partial charge in [-0.2, -0.15) is 0 Å². The Balaban J connectivity index is 2.53. The first-order valence-electron chi connectivity index (χ1n) is 4.74. The van der Waals surface area contributed by atoms with Gasteiger partial charge in [-0.25, -0.2) is 4.98 Å². The van der Waals surface area contributed by atoms with Crippen molar-refractivity contribution in [1.29, 1.82) is 0 Å². The second-order valence-corrected chi connectivity index (χ2v) is 4.31. The minimum Gasteiger partial charge on any atom is -0.486 e. The Hall–Kier alpha value is -1.88. The molecule has 3 rings (SSSR count). The highest BCUT2D eigenvalue weighted by Gasteiger charge is 2.08. The molecule has 0 radical (unpaired) electrons. The number of thiazole rings is 1. The second-order valence-electron chi connectivity index (χ2n) is 3.34. The summed E-state index contributed by atoms with van der Waals surface area (Å²) < 4.78 is 6.62. The van der Waals surface area contributed by atoms with Gasteiger partial charge in [0.25, 0.3) is 5.56 Å². The quantitative estimate of drug-likeness (QED) is 0.643. The molecule has 0 aliphatic heterocycles. The van der Waals surface area contributed by atoms with Crippen molar-refractivity contribution >= 4 is 27.2 Å². The van der Waals surface area contributed by atoms with Crippen LogP contribution in [0.2, 0.25) is 0 Å². The number of ether oxygens (including phenoxy) is 1. The summed E-state index contributed by atoms with van der Waals surface area (Å²) in [5.74, 6) is 0. The average Bonchev–Trinajstić information content (AvgIpc) is 2.73. The number of fused-ring (bicyclic) bond motifs is 2. The molecular weight excluding hydrogens is 224 g/mol. The van der Waals surface area contributed by atoms with Crippen molar-refractivity contribution in [2.45, 2.75) is 0 Å². The summed E-state index contributed by atoms with van der Waals surface area (Å²) in [4.78, 5) is 17.2. The summed E-state index contributed by atoms with van der Waals surface area (Å²) >= 11 is 1.36. The molecular formula is C11H8N2O2S. The molecule has 0 unspecified atom stereocenters. The molecule has 2 aromatic heterocycles. The molecule has 0 fully saturated rings. The molecule has 0 atom stereocenters. The summed E-state index contributed by atoms with van der Waals surface area (Å²) in [6, 6.07) is 7.32. The highest BCUT2D eigenvalue weighted by Crippen LogP contribution is 2.23. The molecule has 0 saturated carbocycles. The van der Waals surface area contributed by atoms with Crippen LogP contribution in [0, 0.1) is 0 Å².